The van der Waals surface area contributed by atoms with Crippen molar-refractivity contribution in [3.8, 4) is 16.9 Å². The zero-order chi connectivity index (χ0) is 28.2. The summed E-state index contributed by atoms with van der Waals surface area (Å²) in [6, 6.07) is 12.2. The van der Waals surface area contributed by atoms with Gasteiger partial charge in [-0.05, 0) is 36.4 Å². The van der Waals surface area contributed by atoms with E-state index in [2.05, 4.69) is 20.2 Å². The fourth-order valence-electron chi connectivity index (χ4n) is 3.74. The molecule has 202 valence electrons. The number of nitrogens with one attached hydrogen (secondary N) is 1. The van der Waals surface area contributed by atoms with Gasteiger partial charge in [0.2, 0.25) is 5.89 Å². The summed E-state index contributed by atoms with van der Waals surface area (Å²) in [5, 5.41) is 6.11. The van der Waals surface area contributed by atoms with Crippen LogP contribution in [0.4, 0.5) is 18.9 Å². The van der Waals surface area contributed by atoms with Gasteiger partial charge in [0, 0.05) is 53.8 Å². The Morgan fingerprint density at radius 3 is 2.67 bits per heavy atom. The summed E-state index contributed by atoms with van der Waals surface area (Å²) in [5.41, 5.74) is 0.352. The van der Waals surface area contributed by atoms with E-state index in [1.807, 2.05) is 0 Å². The Morgan fingerprint density at radius 1 is 1.21 bits per heavy atom. The van der Waals surface area contributed by atoms with E-state index in [1.54, 1.807) is 31.3 Å². The molecule has 1 N–H and O–H groups in total. The Kier molecular flexibility index (Phi) is 8.15. The molecule has 0 atom stereocenters. The largest absolute Gasteiger partial charge is 0.491 e. The lowest BCUT2D eigenvalue weighted by Gasteiger charge is -2.21. The quantitative estimate of drug-likeness (QED) is 0.302. The average molecular weight is 560 g/mol. The highest BCUT2D eigenvalue weighted by Crippen LogP contribution is 2.35. The summed E-state index contributed by atoms with van der Waals surface area (Å²) in [6.45, 7) is 0.126. The minimum atomic E-state index is -4.64. The van der Waals surface area contributed by atoms with E-state index in [0.29, 0.717) is 17.0 Å². The molecular formula is C26H21ClF3N5O4. The SMILES string of the molecule is C/N=C/c1cc(C(F)(F)F)ncc1-c1cc(C(=O)N(C)c2ccccc2OCCc2n[nH]c(=O)o2)ccc1Cl. The van der Waals surface area contributed by atoms with Crippen LogP contribution in [0.1, 0.15) is 27.5 Å². The van der Waals surface area contributed by atoms with Crippen LogP contribution in [-0.4, -0.2) is 48.0 Å². The second-order valence-electron chi connectivity index (χ2n) is 8.17. The Balaban J connectivity index is 1.61. The number of anilines is 1. The number of nitrogens with zero attached hydrogens (tertiary/aromatic N) is 4. The maximum absolute atomic E-state index is 13.5. The average Bonchev–Trinajstić information content (AvgIpc) is 3.33. The van der Waals surface area contributed by atoms with E-state index in [1.165, 1.54) is 36.4 Å². The molecule has 13 heteroatoms. The molecule has 1 amide bonds. The first-order valence-electron chi connectivity index (χ1n) is 11.4. The van der Waals surface area contributed by atoms with Crippen molar-refractivity contribution in [2.75, 3.05) is 25.6 Å². The molecule has 4 rings (SSSR count). The summed E-state index contributed by atoms with van der Waals surface area (Å²) in [7, 11) is 2.98. The molecular weight excluding hydrogens is 539 g/mol. The minimum absolute atomic E-state index is 0.126. The van der Waals surface area contributed by atoms with Crippen LogP contribution in [0.5, 0.6) is 5.75 Å². The van der Waals surface area contributed by atoms with Crippen LogP contribution in [0.2, 0.25) is 5.02 Å². The number of aromatic nitrogens is 3. The first-order chi connectivity index (χ1) is 18.6. The minimum Gasteiger partial charge on any atom is -0.491 e. The number of para-hydroxylation sites is 2. The predicted octanol–water partition coefficient (Wildman–Crippen LogP) is 5.04. The van der Waals surface area contributed by atoms with Crippen LogP contribution in [0.25, 0.3) is 11.1 Å². The fraction of sp³-hybridized carbons (Fsp3) is 0.192. The van der Waals surface area contributed by atoms with Gasteiger partial charge in [-0.3, -0.25) is 14.8 Å². The number of H-pyrrole nitrogens is 1. The first-order valence-corrected chi connectivity index (χ1v) is 11.8. The third-order valence-electron chi connectivity index (χ3n) is 5.59. The van der Waals surface area contributed by atoms with Gasteiger partial charge in [-0.1, -0.05) is 23.7 Å². The number of aliphatic imine (C=N–C) groups is 1. The van der Waals surface area contributed by atoms with Gasteiger partial charge < -0.3 is 14.1 Å². The number of hydrogen-bond acceptors (Lipinski definition) is 7. The summed E-state index contributed by atoms with van der Waals surface area (Å²) < 4.78 is 50.3. The molecule has 9 nitrogen and oxygen atoms in total. The summed E-state index contributed by atoms with van der Waals surface area (Å²) in [5.74, 6) is -0.512. The molecule has 0 radical (unpaired) electrons. The second-order valence-corrected chi connectivity index (χ2v) is 8.58. The molecule has 0 aliphatic heterocycles. The number of aromatic amines is 1. The van der Waals surface area contributed by atoms with Gasteiger partial charge in [-0.15, -0.1) is 5.10 Å². The van der Waals surface area contributed by atoms with Gasteiger partial charge in [0.1, 0.15) is 11.4 Å². The number of rotatable bonds is 8. The number of pyridine rings is 1. The zero-order valence-electron chi connectivity index (χ0n) is 20.6. The normalized spacial score (nSPS) is 11.6. The van der Waals surface area contributed by atoms with E-state index >= 15 is 0 Å². The van der Waals surface area contributed by atoms with Crippen LogP contribution in [0.15, 0.2) is 68.9 Å². The summed E-state index contributed by atoms with van der Waals surface area (Å²) in [4.78, 5) is 33.3. The number of hydrogen-bond donors (Lipinski definition) is 1. The Morgan fingerprint density at radius 2 is 1.97 bits per heavy atom. The Bertz CT molecular complexity index is 1580. The van der Waals surface area contributed by atoms with Crippen molar-refractivity contribution in [3.05, 3.63) is 93.0 Å². The highest BCUT2D eigenvalue weighted by atomic mass is 35.5. The first kappa shape index (κ1) is 27.6. The molecule has 4 aromatic rings. The van der Waals surface area contributed by atoms with Crippen LogP contribution in [0.3, 0.4) is 0 Å². The predicted molar refractivity (Wildman–Crippen MR) is 139 cm³/mol. The number of alkyl halides is 3. The topological polar surface area (TPSA) is 114 Å². The molecule has 0 unspecified atom stereocenters. The van der Waals surface area contributed by atoms with Gasteiger partial charge in [0.25, 0.3) is 5.91 Å². The second kappa shape index (κ2) is 11.5. The standard InChI is InChI=1S/C26H21ClF3N5O4/c1-31-13-16-12-22(26(28,29)30)32-14-18(16)17-11-15(7-8-19(17)27)24(36)35(2)20-5-3-4-6-21(20)38-10-9-23-33-34-25(37)39-23/h3-8,11-14H,9-10H2,1-2H3,(H,34,37)/b31-13+. The molecule has 0 spiro atoms. The Labute approximate surface area is 224 Å². The van der Waals surface area contributed by atoms with Gasteiger partial charge in [0.15, 0.2) is 0 Å². The van der Waals surface area contributed by atoms with Crippen LogP contribution in [-0.2, 0) is 12.6 Å². The fourth-order valence-corrected chi connectivity index (χ4v) is 3.96. The molecule has 39 heavy (non-hydrogen) atoms. The monoisotopic (exact) mass is 559 g/mol. The van der Waals surface area contributed by atoms with Crippen molar-refractivity contribution in [3.63, 3.8) is 0 Å². The van der Waals surface area contributed by atoms with Gasteiger partial charge >= 0.3 is 11.9 Å². The van der Waals surface area contributed by atoms with E-state index in [4.69, 9.17) is 20.8 Å². The van der Waals surface area contributed by atoms with Crippen molar-refractivity contribution in [2.24, 2.45) is 4.99 Å². The van der Waals surface area contributed by atoms with Crippen LogP contribution >= 0.6 is 11.6 Å². The Hall–Kier alpha value is -4.45. The van der Waals surface area contributed by atoms with Crippen molar-refractivity contribution < 1.29 is 27.1 Å². The number of amides is 1. The van der Waals surface area contributed by atoms with E-state index in [9.17, 15) is 22.8 Å². The van der Waals surface area contributed by atoms with Crippen molar-refractivity contribution >= 4 is 29.4 Å². The molecule has 2 aromatic heterocycles. The number of benzene rings is 2. The molecule has 0 fully saturated rings. The number of halogens is 4. The van der Waals surface area contributed by atoms with Crippen molar-refractivity contribution in [1.29, 1.82) is 0 Å². The van der Waals surface area contributed by atoms with E-state index < -0.39 is 23.5 Å². The van der Waals surface area contributed by atoms with Crippen LogP contribution in [0, 0.1) is 0 Å². The molecule has 0 saturated carbocycles. The number of ether oxygens (including phenoxy) is 1. The maximum atomic E-state index is 13.5. The molecule has 0 aliphatic rings. The molecule has 2 aromatic carbocycles. The van der Waals surface area contributed by atoms with Crippen molar-refractivity contribution in [2.45, 2.75) is 12.6 Å². The molecule has 2 heterocycles. The van der Waals surface area contributed by atoms with Gasteiger partial charge in [-0.25, -0.2) is 9.89 Å². The van der Waals surface area contributed by atoms with E-state index in [0.717, 1.165) is 12.3 Å². The lowest BCUT2D eigenvalue weighted by atomic mass is 9.99. The highest BCUT2D eigenvalue weighted by Gasteiger charge is 2.33. The molecule has 0 aliphatic carbocycles. The molecule has 0 bridgehead atoms. The van der Waals surface area contributed by atoms with E-state index in [-0.39, 0.29) is 40.6 Å². The number of carbonyl (C=O) groups excluding carboxylic acids is 1. The van der Waals surface area contributed by atoms with Gasteiger partial charge in [0.05, 0.1) is 18.7 Å². The van der Waals surface area contributed by atoms with Crippen molar-refractivity contribution in [1.82, 2.24) is 15.2 Å². The highest BCUT2D eigenvalue weighted by molar-refractivity contribution is 6.33. The lowest BCUT2D eigenvalue weighted by Crippen LogP contribution is -2.27. The van der Waals surface area contributed by atoms with Gasteiger partial charge in [-0.2, -0.15) is 13.2 Å². The zero-order valence-corrected chi connectivity index (χ0v) is 21.4. The molecule has 0 saturated heterocycles. The summed E-state index contributed by atoms with van der Waals surface area (Å²) in [6.07, 6.45) is -2.09. The van der Waals surface area contributed by atoms with Crippen LogP contribution < -0.4 is 15.4 Å². The summed E-state index contributed by atoms with van der Waals surface area (Å²) >= 11 is 6.39. The number of carbonyl (C=O) groups is 1. The third kappa shape index (κ3) is 6.34. The smallest absolute Gasteiger partial charge is 0.434 e. The third-order valence-corrected chi connectivity index (χ3v) is 5.91. The maximum Gasteiger partial charge on any atom is 0.434 e. The lowest BCUT2D eigenvalue weighted by molar-refractivity contribution is -0.141.